The molecule has 15 nitrogen and oxygen atoms in total. The number of nitrogens with zero attached hydrogens (tertiary/aromatic N) is 4. The van der Waals surface area contributed by atoms with Crippen molar-refractivity contribution < 1.29 is 33.5 Å². The molecule has 0 aliphatic carbocycles. The molecule has 0 bridgehead atoms. The number of likely N-dealkylation sites (tertiary alicyclic amines) is 1. The zero-order chi connectivity index (χ0) is 37.8. The molecule has 0 spiro atoms. The fourth-order valence-electron chi connectivity index (χ4n) is 7.12. The number of para-hydroxylation sites is 1. The Morgan fingerprint density at radius 2 is 1.80 bits per heavy atom. The summed E-state index contributed by atoms with van der Waals surface area (Å²) < 4.78 is 5.63. The molecule has 4 aromatic rings. The monoisotopic (exact) mass is 754 g/mol. The van der Waals surface area contributed by atoms with Crippen LogP contribution in [-0.2, 0) is 19.2 Å². The van der Waals surface area contributed by atoms with E-state index < -0.39 is 35.6 Å². The van der Waals surface area contributed by atoms with E-state index in [2.05, 4.69) is 25.9 Å². The minimum Gasteiger partial charge on any atom is -0.483 e. The van der Waals surface area contributed by atoms with Gasteiger partial charge in [-0.15, -0.1) is 0 Å². The van der Waals surface area contributed by atoms with Gasteiger partial charge in [-0.3, -0.25) is 39.0 Å². The number of hydrogen-bond donors (Lipinski definition) is 4. The predicted molar refractivity (Wildman–Crippen MR) is 198 cm³/mol. The van der Waals surface area contributed by atoms with Gasteiger partial charge in [-0.05, 0) is 43.9 Å². The Morgan fingerprint density at radius 3 is 2.65 bits per heavy atom. The molecule has 2 saturated heterocycles. The van der Waals surface area contributed by atoms with Crippen molar-refractivity contribution in [2.45, 2.75) is 63.5 Å². The molecule has 5 heterocycles. The third-order valence-electron chi connectivity index (χ3n) is 9.89. The first-order chi connectivity index (χ1) is 26.2. The van der Waals surface area contributed by atoms with Crippen LogP contribution >= 0.6 is 11.6 Å². The number of H-pyrrole nitrogens is 1. The van der Waals surface area contributed by atoms with E-state index in [4.69, 9.17) is 21.3 Å². The van der Waals surface area contributed by atoms with Crippen molar-refractivity contribution >= 4 is 63.9 Å². The highest BCUT2D eigenvalue weighted by atomic mass is 35.5. The molecular formula is C38H39ClN8O7. The van der Waals surface area contributed by atoms with Gasteiger partial charge in [0.2, 0.25) is 23.7 Å². The first kappa shape index (κ1) is 36.5. The van der Waals surface area contributed by atoms with Gasteiger partial charge in [-0.2, -0.15) is 0 Å². The number of amides is 6. The number of aromatic amines is 1. The largest absolute Gasteiger partial charge is 0.483 e. The van der Waals surface area contributed by atoms with Crippen molar-refractivity contribution in [3.05, 3.63) is 71.0 Å². The van der Waals surface area contributed by atoms with Gasteiger partial charge >= 0.3 is 0 Å². The summed E-state index contributed by atoms with van der Waals surface area (Å²) in [5, 5.41) is 9.80. The zero-order valence-electron chi connectivity index (χ0n) is 29.4. The van der Waals surface area contributed by atoms with E-state index in [0.717, 1.165) is 47.0 Å². The molecule has 7 rings (SSSR count). The molecule has 0 radical (unpaired) electrons. The van der Waals surface area contributed by atoms with E-state index in [0.29, 0.717) is 49.1 Å². The smallest absolute Gasteiger partial charge is 0.266 e. The molecule has 4 N–H and O–H groups in total. The number of carbonyl (C=O) groups is 6. The second-order valence-electron chi connectivity index (χ2n) is 13.5. The number of anilines is 1. The lowest BCUT2D eigenvalue weighted by Crippen LogP contribution is -2.54. The molecule has 0 saturated carbocycles. The maximum absolute atomic E-state index is 13.2. The lowest BCUT2D eigenvalue weighted by molar-refractivity contribution is -0.136. The van der Waals surface area contributed by atoms with E-state index in [1.54, 1.807) is 6.20 Å². The summed E-state index contributed by atoms with van der Waals surface area (Å²) in [5.74, 6) is -2.27. The number of fused-ring (bicyclic) bond motifs is 2. The summed E-state index contributed by atoms with van der Waals surface area (Å²) >= 11 is 6.48. The molecule has 2 aromatic heterocycles. The van der Waals surface area contributed by atoms with Crippen LogP contribution in [0.15, 0.2) is 54.9 Å². The Hall–Kier alpha value is -5.83. The third kappa shape index (κ3) is 7.76. The first-order valence-corrected chi connectivity index (χ1v) is 18.4. The van der Waals surface area contributed by atoms with E-state index in [1.165, 1.54) is 18.2 Å². The third-order valence-corrected chi connectivity index (χ3v) is 10.2. The minimum atomic E-state index is -1.09. The molecular weight excluding hydrogens is 716 g/mol. The molecule has 6 amide bonds. The number of halogens is 1. The number of benzene rings is 2. The van der Waals surface area contributed by atoms with Gasteiger partial charge in [0.15, 0.2) is 6.61 Å². The van der Waals surface area contributed by atoms with Gasteiger partial charge in [0.25, 0.3) is 17.7 Å². The van der Waals surface area contributed by atoms with Crippen LogP contribution < -0.4 is 20.7 Å². The number of imide groups is 2. The molecule has 54 heavy (non-hydrogen) atoms. The predicted octanol–water partition coefficient (Wildman–Crippen LogP) is 3.84. The number of rotatable bonds is 14. The molecule has 2 fully saturated rings. The van der Waals surface area contributed by atoms with E-state index in [1.807, 2.05) is 35.4 Å². The molecule has 2 aromatic carbocycles. The second-order valence-corrected chi connectivity index (χ2v) is 13.9. The normalized spacial score (nSPS) is 18.2. The summed E-state index contributed by atoms with van der Waals surface area (Å²) in [6.45, 7) is 1.27. The van der Waals surface area contributed by atoms with Crippen LogP contribution in [0, 0.1) is 0 Å². The number of piperidine rings is 1. The van der Waals surface area contributed by atoms with Crippen LogP contribution in [-0.4, -0.2) is 98.5 Å². The molecule has 280 valence electrons. The van der Waals surface area contributed by atoms with Crippen LogP contribution in [0.4, 0.5) is 5.95 Å². The van der Waals surface area contributed by atoms with Crippen LogP contribution in [0.5, 0.6) is 5.75 Å². The first-order valence-electron chi connectivity index (χ1n) is 18.1. The van der Waals surface area contributed by atoms with Crippen molar-refractivity contribution in [3.63, 3.8) is 0 Å². The molecule has 2 unspecified atom stereocenters. The number of aromatic nitrogens is 3. The van der Waals surface area contributed by atoms with Crippen molar-refractivity contribution in [1.29, 1.82) is 0 Å². The number of unbranched alkanes of at least 4 members (excludes halogenated alkanes) is 3. The summed E-state index contributed by atoms with van der Waals surface area (Å²) in [6.07, 6.45) is 7.87. The van der Waals surface area contributed by atoms with Gasteiger partial charge in [0, 0.05) is 61.2 Å². The summed E-state index contributed by atoms with van der Waals surface area (Å²) in [5.41, 5.74) is 2.59. The van der Waals surface area contributed by atoms with Crippen LogP contribution in [0.3, 0.4) is 0 Å². The van der Waals surface area contributed by atoms with Crippen LogP contribution in [0.2, 0.25) is 5.02 Å². The van der Waals surface area contributed by atoms with Gasteiger partial charge in [-0.25, -0.2) is 9.97 Å². The van der Waals surface area contributed by atoms with E-state index in [-0.39, 0.29) is 48.3 Å². The number of nitrogens with one attached hydrogen (secondary N) is 4. The Morgan fingerprint density at radius 1 is 0.963 bits per heavy atom. The quantitative estimate of drug-likeness (QED) is 0.109. The number of hydrogen-bond acceptors (Lipinski definition) is 10. The number of carbonyl (C=O) groups excluding carboxylic acids is 6. The van der Waals surface area contributed by atoms with E-state index in [9.17, 15) is 28.8 Å². The summed E-state index contributed by atoms with van der Waals surface area (Å²) in [4.78, 5) is 90.6. The average molecular weight is 755 g/mol. The van der Waals surface area contributed by atoms with Gasteiger partial charge < -0.3 is 25.3 Å². The lowest BCUT2D eigenvalue weighted by atomic mass is 10.0. The maximum atomic E-state index is 13.2. The standard InChI is InChI=1S/C38H39ClN8O7/c39-26-19-42-38(45-34(26)25-18-41-27-10-5-4-8-23(25)27)43-22-15-17-46(20-22)32(50)12-3-1-2-6-16-40-31(49)21-54-29-11-7-9-24-33(29)37(53)47(36(24)52)28-13-14-30(48)44-35(28)51/h4-5,7-11,18-19,22,28,41H,1-3,6,12-17,20-21H2,(H,40,49)(H,42,43,45)(H,44,48,51). The Bertz CT molecular complexity index is 2140. The maximum Gasteiger partial charge on any atom is 0.266 e. The van der Waals surface area contributed by atoms with Crippen molar-refractivity contribution in [1.82, 2.24) is 35.4 Å². The van der Waals surface area contributed by atoms with Gasteiger partial charge in [-0.1, -0.05) is 48.7 Å². The van der Waals surface area contributed by atoms with Crippen molar-refractivity contribution in [2.24, 2.45) is 0 Å². The van der Waals surface area contributed by atoms with Crippen molar-refractivity contribution in [2.75, 3.05) is 31.6 Å². The highest BCUT2D eigenvalue weighted by Crippen LogP contribution is 2.34. The number of ether oxygens (including phenoxy) is 1. The molecule has 3 aliphatic rings. The van der Waals surface area contributed by atoms with Gasteiger partial charge in [0.05, 0.1) is 28.0 Å². The van der Waals surface area contributed by atoms with E-state index >= 15 is 0 Å². The highest BCUT2D eigenvalue weighted by molar-refractivity contribution is 6.33. The Balaban J connectivity index is 0.789. The van der Waals surface area contributed by atoms with Crippen molar-refractivity contribution in [3.8, 4) is 17.0 Å². The molecule has 3 aliphatic heterocycles. The molecule has 2 atom stereocenters. The average Bonchev–Trinajstić information content (AvgIpc) is 3.88. The molecule has 16 heteroatoms. The lowest BCUT2D eigenvalue weighted by Gasteiger charge is -2.27. The summed E-state index contributed by atoms with van der Waals surface area (Å²) in [7, 11) is 0. The van der Waals surface area contributed by atoms with Crippen LogP contribution in [0.1, 0.15) is 72.1 Å². The SMILES string of the molecule is O=C(COc1cccc2c1C(=O)N(C1CCC(=O)NC1=O)C2=O)NCCCCCCC(=O)N1CCC(Nc2ncc(Cl)c(-c3c[nH]c4ccccc34)n2)C1. The highest BCUT2D eigenvalue weighted by Gasteiger charge is 2.46. The fraction of sp³-hybridized carbons (Fsp3) is 0.368. The Labute approximate surface area is 315 Å². The van der Waals surface area contributed by atoms with Crippen LogP contribution in [0.25, 0.3) is 22.2 Å². The topological polar surface area (TPSA) is 196 Å². The zero-order valence-corrected chi connectivity index (χ0v) is 30.1. The second kappa shape index (κ2) is 16.0. The summed E-state index contributed by atoms with van der Waals surface area (Å²) in [6, 6.07) is 11.4. The fourth-order valence-corrected chi connectivity index (χ4v) is 7.31. The van der Waals surface area contributed by atoms with Gasteiger partial charge in [0.1, 0.15) is 11.8 Å². The Kier molecular flexibility index (Phi) is 10.9. The minimum absolute atomic E-state index is 0.0122.